The van der Waals surface area contributed by atoms with Gasteiger partial charge in [-0.2, -0.15) is 5.10 Å². The number of rotatable bonds is 6. The summed E-state index contributed by atoms with van der Waals surface area (Å²) in [6, 6.07) is 16.8. The van der Waals surface area contributed by atoms with E-state index >= 15 is 0 Å². The molecule has 0 radical (unpaired) electrons. The second kappa shape index (κ2) is 7.48. The van der Waals surface area contributed by atoms with E-state index in [1.165, 1.54) is 18.3 Å². The van der Waals surface area contributed by atoms with Crippen molar-refractivity contribution in [2.24, 2.45) is 5.10 Å². The van der Waals surface area contributed by atoms with E-state index in [0.717, 1.165) is 23.1 Å². The van der Waals surface area contributed by atoms with Gasteiger partial charge in [-0.1, -0.05) is 18.2 Å². The smallest absolute Gasteiger partial charge is 0.301 e. The molecule has 1 heterocycles. The van der Waals surface area contributed by atoms with E-state index in [1.807, 2.05) is 54.0 Å². The first-order valence-electron chi connectivity index (χ1n) is 7.93. The second-order valence-corrected chi connectivity index (χ2v) is 5.66. The Morgan fingerprint density at radius 1 is 1.00 bits per heavy atom. The van der Waals surface area contributed by atoms with Crippen LogP contribution in [0.25, 0.3) is 5.69 Å². The molecule has 9 nitrogen and oxygen atoms in total. The van der Waals surface area contributed by atoms with Crippen LogP contribution in [-0.2, 0) is 0 Å². The standard InChI is InChI=1S/C18H15N5O4/c1-13-7-8-16(21(13)14-5-3-2-4-6-14)12-19-20-17-10-9-15(22(24)25)11-18(17)23(26)27/h2-12,20H,1H3/b19-12+. The summed E-state index contributed by atoms with van der Waals surface area (Å²) in [5.74, 6) is 0. The molecule has 0 aliphatic carbocycles. The third-order valence-corrected chi connectivity index (χ3v) is 3.89. The minimum absolute atomic E-state index is 0.0661. The van der Waals surface area contributed by atoms with Crippen LogP contribution in [0, 0.1) is 27.2 Å². The topological polar surface area (TPSA) is 116 Å². The van der Waals surface area contributed by atoms with Crippen LogP contribution in [0.4, 0.5) is 17.1 Å². The van der Waals surface area contributed by atoms with Crippen LogP contribution in [0.1, 0.15) is 11.4 Å². The maximum Gasteiger partial charge on any atom is 0.301 e. The van der Waals surface area contributed by atoms with Gasteiger partial charge in [-0.05, 0) is 37.3 Å². The zero-order valence-corrected chi connectivity index (χ0v) is 14.3. The first kappa shape index (κ1) is 17.8. The number of nitrogens with one attached hydrogen (secondary N) is 1. The van der Waals surface area contributed by atoms with E-state index in [2.05, 4.69) is 10.5 Å². The highest BCUT2D eigenvalue weighted by atomic mass is 16.6. The Bertz CT molecular complexity index is 1030. The number of non-ortho nitro benzene ring substituents is 1. The van der Waals surface area contributed by atoms with Gasteiger partial charge in [-0.3, -0.25) is 25.7 Å². The van der Waals surface area contributed by atoms with Crippen molar-refractivity contribution in [3.63, 3.8) is 0 Å². The molecule has 1 aromatic heterocycles. The number of anilines is 1. The van der Waals surface area contributed by atoms with Gasteiger partial charge in [0.25, 0.3) is 5.69 Å². The molecule has 0 unspecified atom stereocenters. The lowest BCUT2D eigenvalue weighted by Crippen LogP contribution is -2.03. The van der Waals surface area contributed by atoms with Crippen LogP contribution < -0.4 is 5.43 Å². The summed E-state index contributed by atoms with van der Waals surface area (Å²) in [4.78, 5) is 20.6. The molecular formula is C18H15N5O4. The molecule has 3 rings (SSSR count). The Morgan fingerprint density at radius 3 is 2.41 bits per heavy atom. The van der Waals surface area contributed by atoms with Gasteiger partial charge in [0.1, 0.15) is 5.69 Å². The van der Waals surface area contributed by atoms with Crippen molar-refractivity contribution in [2.45, 2.75) is 6.92 Å². The zero-order valence-electron chi connectivity index (χ0n) is 14.3. The van der Waals surface area contributed by atoms with Gasteiger partial charge in [0.15, 0.2) is 0 Å². The molecule has 0 aliphatic heterocycles. The summed E-state index contributed by atoms with van der Waals surface area (Å²) >= 11 is 0. The first-order valence-corrected chi connectivity index (χ1v) is 7.93. The summed E-state index contributed by atoms with van der Waals surface area (Å²) in [6.45, 7) is 1.96. The van der Waals surface area contributed by atoms with Crippen molar-refractivity contribution in [1.82, 2.24) is 4.57 Å². The van der Waals surface area contributed by atoms with E-state index < -0.39 is 15.5 Å². The van der Waals surface area contributed by atoms with Crippen LogP contribution in [0.15, 0.2) is 65.8 Å². The molecular weight excluding hydrogens is 350 g/mol. The minimum atomic E-state index is -0.693. The summed E-state index contributed by atoms with van der Waals surface area (Å²) in [7, 11) is 0. The Hall–Kier alpha value is -4.01. The molecule has 0 saturated heterocycles. The average Bonchev–Trinajstić information content (AvgIpc) is 3.02. The number of hydrazone groups is 1. The highest BCUT2D eigenvalue weighted by Crippen LogP contribution is 2.28. The van der Waals surface area contributed by atoms with Gasteiger partial charge in [0, 0.05) is 17.4 Å². The molecule has 0 amide bonds. The normalized spacial score (nSPS) is 10.9. The largest absolute Gasteiger partial charge is 0.313 e. The van der Waals surface area contributed by atoms with Crippen molar-refractivity contribution in [1.29, 1.82) is 0 Å². The van der Waals surface area contributed by atoms with E-state index in [-0.39, 0.29) is 11.4 Å². The van der Waals surface area contributed by atoms with Crippen molar-refractivity contribution in [2.75, 3.05) is 5.43 Å². The summed E-state index contributed by atoms with van der Waals surface area (Å²) in [6.07, 6.45) is 1.53. The molecule has 0 spiro atoms. The van der Waals surface area contributed by atoms with Gasteiger partial charge >= 0.3 is 5.69 Å². The predicted octanol–water partition coefficient (Wildman–Crippen LogP) is 4.05. The molecule has 0 atom stereocenters. The Morgan fingerprint density at radius 2 is 1.74 bits per heavy atom. The number of nitrogens with zero attached hydrogens (tertiary/aromatic N) is 4. The fourth-order valence-corrected chi connectivity index (χ4v) is 2.64. The summed E-state index contributed by atoms with van der Waals surface area (Å²) in [5, 5.41) is 26.0. The van der Waals surface area contributed by atoms with E-state index in [0.29, 0.717) is 0 Å². The summed E-state index contributed by atoms with van der Waals surface area (Å²) in [5.41, 5.74) is 4.62. The molecule has 2 aromatic carbocycles. The van der Waals surface area contributed by atoms with Gasteiger partial charge in [-0.25, -0.2) is 0 Å². The number of aromatic nitrogens is 1. The fourth-order valence-electron chi connectivity index (χ4n) is 2.64. The monoisotopic (exact) mass is 365 g/mol. The molecule has 3 aromatic rings. The number of benzene rings is 2. The van der Waals surface area contributed by atoms with E-state index in [9.17, 15) is 20.2 Å². The molecule has 0 aliphatic rings. The highest BCUT2D eigenvalue weighted by Gasteiger charge is 2.19. The Kier molecular flexibility index (Phi) is 4.93. The highest BCUT2D eigenvalue weighted by molar-refractivity contribution is 5.80. The zero-order chi connectivity index (χ0) is 19.4. The minimum Gasteiger partial charge on any atom is -0.313 e. The lowest BCUT2D eigenvalue weighted by molar-refractivity contribution is -0.393. The molecule has 27 heavy (non-hydrogen) atoms. The molecule has 0 bridgehead atoms. The quantitative estimate of drug-likeness (QED) is 0.402. The van der Waals surface area contributed by atoms with Gasteiger partial charge < -0.3 is 4.57 Å². The van der Waals surface area contributed by atoms with Crippen LogP contribution in [-0.4, -0.2) is 20.6 Å². The van der Waals surface area contributed by atoms with Crippen molar-refractivity contribution in [3.05, 3.63) is 92.3 Å². The van der Waals surface area contributed by atoms with Crippen LogP contribution in [0.3, 0.4) is 0 Å². The second-order valence-electron chi connectivity index (χ2n) is 5.66. The number of hydrogen-bond donors (Lipinski definition) is 1. The first-order chi connectivity index (χ1) is 13.0. The van der Waals surface area contributed by atoms with Crippen LogP contribution in [0.2, 0.25) is 0 Å². The number of aryl methyl sites for hydroxylation is 1. The van der Waals surface area contributed by atoms with E-state index in [1.54, 1.807) is 0 Å². The average molecular weight is 365 g/mol. The number of nitro benzene ring substituents is 2. The SMILES string of the molecule is Cc1ccc(/C=N/Nc2ccc([N+](=O)[O-])cc2[N+](=O)[O-])n1-c1ccccc1. The predicted molar refractivity (Wildman–Crippen MR) is 101 cm³/mol. The fraction of sp³-hybridized carbons (Fsp3) is 0.0556. The number of hydrogen-bond acceptors (Lipinski definition) is 6. The third-order valence-electron chi connectivity index (χ3n) is 3.89. The Labute approximate surface area is 153 Å². The van der Waals surface area contributed by atoms with Gasteiger partial charge in [0.05, 0.1) is 27.8 Å². The summed E-state index contributed by atoms with van der Waals surface area (Å²) < 4.78 is 1.98. The van der Waals surface area contributed by atoms with Crippen LogP contribution >= 0.6 is 0 Å². The number of nitro groups is 2. The van der Waals surface area contributed by atoms with Crippen molar-refractivity contribution in [3.8, 4) is 5.69 Å². The molecule has 136 valence electrons. The van der Waals surface area contributed by atoms with E-state index in [4.69, 9.17) is 0 Å². The maximum absolute atomic E-state index is 11.2. The van der Waals surface area contributed by atoms with Crippen LogP contribution in [0.5, 0.6) is 0 Å². The Balaban J connectivity index is 1.87. The van der Waals surface area contributed by atoms with Crippen molar-refractivity contribution < 1.29 is 9.85 Å². The lowest BCUT2D eigenvalue weighted by Gasteiger charge is -2.09. The van der Waals surface area contributed by atoms with Gasteiger partial charge in [-0.15, -0.1) is 0 Å². The lowest BCUT2D eigenvalue weighted by atomic mass is 10.2. The molecule has 0 saturated carbocycles. The maximum atomic E-state index is 11.2. The molecule has 0 fully saturated rings. The molecule has 9 heteroatoms. The third kappa shape index (κ3) is 3.82. The molecule has 1 N–H and O–H groups in total. The van der Waals surface area contributed by atoms with Crippen molar-refractivity contribution >= 4 is 23.3 Å². The number of para-hydroxylation sites is 1. The van der Waals surface area contributed by atoms with Gasteiger partial charge in [0.2, 0.25) is 0 Å².